The smallest absolute Gasteiger partial charge is 0.323 e. The van der Waals surface area contributed by atoms with Crippen LogP contribution >= 0.6 is 0 Å². The first-order chi connectivity index (χ1) is 10.7. The number of rotatable bonds is 5. The summed E-state index contributed by atoms with van der Waals surface area (Å²) < 4.78 is 5.57. The van der Waals surface area contributed by atoms with E-state index in [1.807, 2.05) is 14.0 Å². The Morgan fingerprint density at radius 1 is 1.23 bits per heavy atom. The van der Waals surface area contributed by atoms with Crippen LogP contribution in [-0.4, -0.2) is 25.2 Å². The van der Waals surface area contributed by atoms with Gasteiger partial charge in [-0.3, -0.25) is 4.79 Å². The van der Waals surface area contributed by atoms with Crippen molar-refractivity contribution in [3.63, 3.8) is 0 Å². The molecule has 1 heterocycles. The number of hydrogen-bond donors (Lipinski definition) is 1. The second-order valence-corrected chi connectivity index (χ2v) is 6.50. The molecule has 0 saturated carbocycles. The van der Waals surface area contributed by atoms with Crippen molar-refractivity contribution in [2.75, 3.05) is 7.05 Å². The molecule has 3 atom stereocenters. The summed E-state index contributed by atoms with van der Waals surface area (Å²) in [7, 11) is 1.84. The second kappa shape index (κ2) is 8.94. The van der Waals surface area contributed by atoms with Crippen LogP contribution in [0.3, 0.4) is 0 Å². The maximum Gasteiger partial charge on any atom is 0.323 e. The molecule has 0 bridgehead atoms. The first-order valence-electron chi connectivity index (χ1n) is 8.60. The minimum Gasteiger partial charge on any atom is -0.462 e. The molecule has 22 heavy (non-hydrogen) atoms. The Hall–Kier alpha value is -1.35. The average molecular weight is 303 g/mol. The summed E-state index contributed by atoms with van der Waals surface area (Å²) in [5, 5.41) is 3.07. The summed E-state index contributed by atoms with van der Waals surface area (Å²) in [5.41, 5.74) is 1.42. The minimum absolute atomic E-state index is 0.0307. The van der Waals surface area contributed by atoms with Crippen molar-refractivity contribution in [3.8, 4) is 0 Å². The van der Waals surface area contributed by atoms with Crippen LogP contribution in [0.2, 0.25) is 0 Å². The highest BCUT2D eigenvalue weighted by Crippen LogP contribution is 2.25. The van der Waals surface area contributed by atoms with Gasteiger partial charge in [-0.05, 0) is 57.6 Å². The summed E-state index contributed by atoms with van der Waals surface area (Å²) in [6.45, 7) is 2.03. The zero-order valence-electron chi connectivity index (χ0n) is 13.9. The fraction of sp³-hybridized carbons (Fsp3) is 0.632. The fourth-order valence-corrected chi connectivity index (χ4v) is 3.41. The molecule has 0 aromatic heterocycles. The van der Waals surface area contributed by atoms with E-state index < -0.39 is 0 Å². The molecule has 1 fully saturated rings. The number of cyclic esters (lactones) is 1. The van der Waals surface area contributed by atoms with Gasteiger partial charge >= 0.3 is 5.97 Å². The number of ether oxygens (including phenoxy) is 1. The summed E-state index contributed by atoms with van der Waals surface area (Å²) in [5.74, 6) is 0.585. The van der Waals surface area contributed by atoms with Crippen LogP contribution in [-0.2, 0) is 16.0 Å². The Morgan fingerprint density at radius 2 is 2.00 bits per heavy atom. The van der Waals surface area contributed by atoms with Crippen molar-refractivity contribution in [1.29, 1.82) is 0 Å². The Balaban J connectivity index is 1.81. The maximum absolute atomic E-state index is 12.0. The molecule has 1 saturated heterocycles. The van der Waals surface area contributed by atoms with Crippen molar-refractivity contribution >= 4 is 5.97 Å². The van der Waals surface area contributed by atoms with Crippen molar-refractivity contribution < 1.29 is 9.53 Å². The number of carbonyl (C=O) groups excluding carboxylic acids is 1. The molecule has 0 amide bonds. The van der Waals surface area contributed by atoms with Crippen LogP contribution < -0.4 is 5.32 Å². The van der Waals surface area contributed by atoms with E-state index in [9.17, 15) is 4.79 Å². The van der Waals surface area contributed by atoms with Gasteiger partial charge in [0.25, 0.3) is 0 Å². The Morgan fingerprint density at radius 3 is 2.73 bits per heavy atom. The number of hydrogen-bond acceptors (Lipinski definition) is 3. The van der Waals surface area contributed by atoms with Gasteiger partial charge in [-0.1, -0.05) is 43.2 Å². The van der Waals surface area contributed by atoms with Crippen LogP contribution in [0.25, 0.3) is 0 Å². The normalized spacial score (nSPS) is 26.6. The molecule has 3 nitrogen and oxygen atoms in total. The first kappa shape index (κ1) is 17.0. The molecular weight excluding hydrogens is 274 g/mol. The van der Waals surface area contributed by atoms with Gasteiger partial charge in [0.1, 0.15) is 6.04 Å². The van der Waals surface area contributed by atoms with Crippen LogP contribution in [0, 0.1) is 5.92 Å². The predicted octanol–water partition coefficient (Wildman–Crippen LogP) is 3.72. The minimum atomic E-state index is -0.134. The molecule has 0 aliphatic carbocycles. The van der Waals surface area contributed by atoms with Crippen molar-refractivity contribution in [2.45, 2.75) is 64.0 Å². The molecule has 0 spiro atoms. The van der Waals surface area contributed by atoms with E-state index in [2.05, 4.69) is 35.6 Å². The molecular formula is C19H29NO2. The van der Waals surface area contributed by atoms with Gasteiger partial charge in [0.05, 0.1) is 6.10 Å². The van der Waals surface area contributed by atoms with Crippen LogP contribution in [0.5, 0.6) is 0 Å². The van der Waals surface area contributed by atoms with E-state index in [1.165, 1.54) is 24.8 Å². The lowest BCUT2D eigenvalue weighted by Crippen LogP contribution is -2.36. The third-order valence-electron chi connectivity index (χ3n) is 4.64. The summed E-state index contributed by atoms with van der Waals surface area (Å²) in [6.07, 6.45) is 7.80. The van der Waals surface area contributed by atoms with E-state index in [0.29, 0.717) is 5.92 Å². The predicted molar refractivity (Wildman–Crippen MR) is 89.7 cm³/mol. The molecule has 1 aliphatic heterocycles. The average Bonchev–Trinajstić information content (AvgIpc) is 2.57. The first-order valence-corrected chi connectivity index (χ1v) is 8.60. The lowest BCUT2D eigenvalue weighted by Gasteiger charge is -2.20. The van der Waals surface area contributed by atoms with Gasteiger partial charge in [0, 0.05) is 0 Å². The fourth-order valence-electron chi connectivity index (χ4n) is 3.41. The number of likely N-dealkylation sites (N-methyl/N-ethyl adjacent to an activating group) is 1. The van der Waals surface area contributed by atoms with Crippen molar-refractivity contribution in [1.82, 2.24) is 5.32 Å². The number of aryl methyl sites for hydroxylation is 1. The highest BCUT2D eigenvalue weighted by Gasteiger charge is 2.24. The molecule has 2 rings (SSSR count). The summed E-state index contributed by atoms with van der Waals surface area (Å²) >= 11 is 0. The Labute approximate surface area is 134 Å². The Kier molecular flexibility index (Phi) is 6.91. The van der Waals surface area contributed by atoms with E-state index in [4.69, 9.17) is 4.74 Å². The topological polar surface area (TPSA) is 38.3 Å². The SMILES string of the molecule is CN[C@H]1CCCC(CCCc2ccccc2)CC(C)OC1=O. The number of benzene rings is 1. The number of esters is 1. The molecule has 0 radical (unpaired) electrons. The third kappa shape index (κ3) is 5.45. The molecule has 1 aromatic rings. The van der Waals surface area contributed by atoms with Crippen LogP contribution in [0.1, 0.15) is 51.0 Å². The molecule has 2 unspecified atom stereocenters. The standard InChI is InChI=1S/C19H29NO2/c1-15-14-17(11-6-10-16-8-4-3-5-9-16)12-7-13-18(20-2)19(21)22-15/h3-5,8-9,15,17-18,20H,6-7,10-14H2,1-2H3/t15?,17?,18-/m0/s1. The van der Waals surface area contributed by atoms with E-state index in [-0.39, 0.29) is 18.1 Å². The molecule has 1 aliphatic rings. The maximum atomic E-state index is 12.0. The lowest BCUT2D eigenvalue weighted by atomic mass is 9.90. The highest BCUT2D eigenvalue weighted by atomic mass is 16.5. The van der Waals surface area contributed by atoms with Gasteiger partial charge < -0.3 is 10.1 Å². The highest BCUT2D eigenvalue weighted by molar-refractivity contribution is 5.75. The zero-order valence-corrected chi connectivity index (χ0v) is 13.9. The largest absolute Gasteiger partial charge is 0.462 e. The zero-order chi connectivity index (χ0) is 15.8. The summed E-state index contributed by atoms with van der Waals surface area (Å²) in [6, 6.07) is 10.5. The lowest BCUT2D eigenvalue weighted by molar-refractivity contribution is -0.151. The van der Waals surface area contributed by atoms with Crippen molar-refractivity contribution in [2.24, 2.45) is 5.92 Å². The summed E-state index contributed by atoms with van der Waals surface area (Å²) in [4.78, 5) is 12.0. The third-order valence-corrected chi connectivity index (χ3v) is 4.64. The van der Waals surface area contributed by atoms with Crippen LogP contribution in [0.4, 0.5) is 0 Å². The molecule has 1 aromatic carbocycles. The molecule has 1 N–H and O–H groups in total. The molecule has 122 valence electrons. The van der Waals surface area contributed by atoms with Gasteiger partial charge in [0.15, 0.2) is 0 Å². The second-order valence-electron chi connectivity index (χ2n) is 6.50. The monoisotopic (exact) mass is 303 g/mol. The van der Waals surface area contributed by atoms with Gasteiger partial charge in [-0.25, -0.2) is 0 Å². The van der Waals surface area contributed by atoms with E-state index >= 15 is 0 Å². The van der Waals surface area contributed by atoms with Gasteiger partial charge in [0.2, 0.25) is 0 Å². The van der Waals surface area contributed by atoms with Crippen molar-refractivity contribution in [3.05, 3.63) is 35.9 Å². The van der Waals surface area contributed by atoms with Gasteiger partial charge in [-0.15, -0.1) is 0 Å². The van der Waals surface area contributed by atoms with E-state index in [1.54, 1.807) is 0 Å². The number of nitrogens with one attached hydrogen (secondary N) is 1. The van der Waals surface area contributed by atoms with Crippen LogP contribution in [0.15, 0.2) is 30.3 Å². The Bertz CT molecular complexity index is 446. The quantitative estimate of drug-likeness (QED) is 0.843. The molecule has 3 heteroatoms. The van der Waals surface area contributed by atoms with Gasteiger partial charge in [-0.2, -0.15) is 0 Å². The van der Waals surface area contributed by atoms with E-state index in [0.717, 1.165) is 25.7 Å². The number of carbonyl (C=O) groups is 1.